The molecule has 1 rings (SSSR count). The van der Waals surface area contributed by atoms with Crippen LogP contribution in [-0.2, 0) is 6.54 Å². The number of hydrogen-bond donors (Lipinski definition) is 2. The molecule has 0 saturated heterocycles. The average molecular weight is 353 g/mol. The van der Waals surface area contributed by atoms with Gasteiger partial charge in [0.2, 0.25) is 0 Å². The van der Waals surface area contributed by atoms with Crippen LogP contribution in [0.1, 0.15) is 25.6 Å². The third kappa shape index (κ3) is 6.32. The third-order valence-electron chi connectivity index (χ3n) is 1.74. The van der Waals surface area contributed by atoms with Crippen LogP contribution in [0.3, 0.4) is 0 Å². The number of nitrogens with zero attached hydrogens (tertiary/aromatic N) is 1. The predicted molar refractivity (Wildman–Crippen MR) is 82.8 cm³/mol. The minimum Gasteiger partial charge on any atom is -0.357 e. The van der Waals surface area contributed by atoms with E-state index in [4.69, 9.17) is 0 Å². The highest BCUT2D eigenvalue weighted by atomic mass is 127. The number of hydrogen-bond acceptors (Lipinski definition) is 2. The van der Waals surface area contributed by atoms with Crippen molar-refractivity contribution in [3.8, 4) is 0 Å². The van der Waals surface area contributed by atoms with Crippen molar-refractivity contribution in [3.05, 3.63) is 22.4 Å². The van der Waals surface area contributed by atoms with Crippen molar-refractivity contribution >= 4 is 41.3 Å². The molecule has 5 heteroatoms. The van der Waals surface area contributed by atoms with E-state index in [2.05, 4.69) is 53.9 Å². The molecule has 0 amide bonds. The molecular formula is C11H20IN3S. The molecule has 1 heterocycles. The average Bonchev–Trinajstić information content (AvgIpc) is 2.66. The highest BCUT2D eigenvalue weighted by molar-refractivity contribution is 14.0. The molecule has 0 saturated carbocycles. The molecule has 0 aliphatic carbocycles. The summed E-state index contributed by atoms with van der Waals surface area (Å²) in [6.45, 7) is 7.93. The largest absolute Gasteiger partial charge is 0.357 e. The molecule has 0 unspecified atom stereocenters. The van der Waals surface area contributed by atoms with Gasteiger partial charge in [0, 0.05) is 17.5 Å². The van der Waals surface area contributed by atoms with Gasteiger partial charge in [-0.1, -0.05) is 6.07 Å². The van der Waals surface area contributed by atoms with Gasteiger partial charge >= 0.3 is 0 Å². The topological polar surface area (TPSA) is 36.4 Å². The first-order valence-corrected chi connectivity index (χ1v) is 6.17. The molecule has 0 radical (unpaired) electrons. The Morgan fingerprint density at radius 1 is 1.50 bits per heavy atom. The van der Waals surface area contributed by atoms with Crippen LogP contribution in [0.4, 0.5) is 0 Å². The quantitative estimate of drug-likeness (QED) is 0.496. The van der Waals surface area contributed by atoms with Crippen molar-refractivity contribution in [2.75, 3.05) is 6.54 Å². The van der Waals surface area contributed by atoms with Crippen LogP contribution < -0.4 is 10.6 Å². The van der Waals surface area contributed by atoms with Crippen LogP contribution in [0.2, 0.25) is 0 Å². The lowest BCUT2D eigenvalue weighted by Gasteiger charge is -2.13. The maximum atomic E-state index is 4.50. The van der Waals surface area contributed by atoms with Gasteiger partial charge in [0.15, 0.2) is 5.96 Å². The normalized spacial score (nSPS) is 11.1. The smallest absolute Gasteiger partial charge is 0.191 e. The lowest BCUT2D eigenvalue weighted by molar-refractivity contribution is 0.701. The number of guanidine groups is 1. The first-order chi connectivity index (χ1) is 7.22. The minimum absolute atomic E-state index is 0. The third-order valence-corrected chi connectivity index (χ3v) is 2.60. The highest BCUT2D eigenvalue weighted by Gasteiger charge is 1.99. The van der Waals surface area contributed by atoms with E-state index in [-0.39, 0.29) is 24.0 Å². The van der Waals surface area contributed by atoms with Gasteiger partial charge in [-0.15, -0.1) is 35.3 Å². The number of nitrogens with one attached hydrogen (secondary N) is 2. The molecule has 16 heavy (non-hydrogen) atoms. The Morgan fingerprint density at radius 3 is 2.75 bits per heavy atom. The van der Waals surface area contributed by atoms with E-state index in [0.717, 1.165) is 19.0 Å². The maximum absolute atomic E-state index is 4.50. The number of thiophene rings is 1. The summed E-state index contributed by atoms with van der Waals surface area (Å²) in [6.07, 6.45) is 0. The number of rotatable bonds is 4. The van der Waals surface area contributed by atoms with Gasteiger partial charge in [0.25, 0.3) is 0 Å². The SMILES string of the molecule is CCNC(=NCc1cccs1)NC(C)C.I. The Balaban J connectivity index is 0.00000225. The van der Waals surface area contributed by atoms with E-state index in [0.29, 0.717) is 6.04 Å². The van der Waals surface area contributed by atoms with Crippen LogP contribution in [0.25, 0.3) is 0 Å². The predicted octanol–water partition coefficient (Wildman–Crippen LogP) is 2.83. The molecule has 0 atom stereocenters. The van der Waals surface area contributed by atoms with Gasteiger partial charge < -0.3 is 10.6 Å². The zero-order valence-corrected chi connectivity index (χ0v) is 13.1. The van der Waals surface area contributed by atoms with E-state index in [9.17, 15) is 0 Å². The Hall–Kier alpha value is -0.300. The molecular weight excluding hydrogens is 333 g/mol. The zero-order valence-electron chi connectivity index (χ0n) is 9.99. The zero-order chi connectivity index (χ0) is 11.1. The molecule has 0 fully saturated rings. The van der Waals surface area contributed by atoms with E-state index < -0.39 is 0 Å². The molecule has 1 aromatic heterocycles. The molecule has 0 spiro atoms. The summed E-state index contributed by atoms with van der Waals surface area (Å²) in [5.41, 5.74) is 0. The number of aliphatic imine (C=N–C) groups is 1. The van der Waals surface area contributed by atoms with Crippen molar-refractivity contribution in [2.45, 2.75) is 33.4 Å². The van der Waals surface area contributed by atoms with Gasteiger partial charge in [-0.05, 0) is 32.2 Å². The van der Waals surface area contributed by atoms with Crippen molar-refractivity contribution in [1.82, 2.24) is 10.6 Å². The maximum Gasteiger partial charge on any atom is 0.191 e. The van der Waals surface area contributed by atoms with Gasteiger partial charge in [0.1, 0.15) is 0 Å². The molecule has 3 nitrogen and oxygen atoms in total. The Labute approximate surface area is 119 Å². The second kappa shape index (κ2) is 8.81. The number of halogens is 1. The van der Waals surface area contributed by atoms with E-state index in [1.54, 1.807) is 11.3 Å². The van der Waals surface area contributed by atoms with Crippen LogP contribution in [-0.4, -0.2) is 18.5 Å². The van der Waals surface area contributed by atoms with E-state index >= 15 is 0 Å². The molecule has 0 aliphatic heterocycles. The van der Waals surface area contributed by atoms with Gasteiger partial charge in [-0.2, -0.15) is 0 Å². The van der Waals surface area contributed by atoms with Crippen molar-refractivity contribution in [3.63, 3.8) is 0 Å². The summed E-state index contributed by atoms with van der Waals surface area (Å²) in [7, 11) is 0. The lowest BCUT2D eigenvalue weighted by atomic mass is 10.4. The van der Waals surface area contributed by atoms with Crippen molar-refractivity contribution in [2.24, 2.45) is 4.99 Å². The van der Waals surface area contributed by atoms with Crippen LogP contribution >= 0.6 is 35.3 Å². The summed E-state index contributed by atoms with van der Waals surface area (Å²) in [5.74, 6) is 0.890. The molecule has 0 bridgehead atoms. The van der Waals surface area contributed by atoms with Gasteiger partial charge in [-0.25, -0.2) is 4.99 Å². The Bertz CT molecular complexity index is 296. The van der Waals surface area contributed by atoms with Crippen LogP contribution in [0.5, 0.6) is 0 Å². The fourth-order valence-electron chi connectivity index (χ4n) is 1.15. The summed E-state index contributed by atoms with van der Waals surface area (Å²) in [4.78, 5) is 5.79. The summed E-state index contributed by atoms with van der Waals surface area (Å²) in [6, 6.07) is 4.57. The first kappa shape index (κ1) is 15.7. The standard InChI is InChI=1S/C11H19N3S.HI/c1-4-12-11(14-9(2)3)13-8-10-6-5-7-15-10;/h5-7,9H,4,8H2,1-3H3,(H2,12,13,14);1H. The molecule has 0 aliphatic rings. The highest BCUT2D eigenvalue weighted by Crippen LogP contribution is 2.09. The lowest BCUT2D eigenvalue weighted by Crippen LogP contribution is -2.40. The molecule has 92 valence electrons. The van der Waals surface area contributed by atoms with E-state index in [1.807, 2.05) is 0 Å². The molecule has 2 N–H and O–H groups in total. The Morgan fingerprint density at radius 2 is 2.25 bits per heavy atom. The fraction of sp³-hybridized carbons (Fsp3) is 0.545. The van der Waals surface area contributed by atoms with Gasteiger partial charge in [-0.3, -0.25) is 0 Å². The first-order valence-electron chi connectivity index (χ1n) is 5.29. The van der Waals surface area contributed by atoms with Crippen molar-refractivity contribution in [1.29, 1.82) is 0 Å². The second-order valence-corrected chi connectivity index (χ2v) is 4.61. The fourth-order valence-corrected chi connectivity index (χ4v) is 1.78. The van der Waals surface area contributed by atoms with Crippen LogP contribution in [0, 0.1) is 0 Å². The van der Waals surface area contributed by atoms with Crippen LogP contribution in [0.15, 0.2) is 22.5 Å². The molecule has 0 aromatic carbocycles. The summed E-state index contributed by atoms with van der Waals surface area (Å²) >= 11 is 1.74. The Kier molecular flexibility index (Phi) is 8.64. The monoisotopic (exact) mass is 353 g/mol. The summed E-state index contributed by atoms with van der Waals surface area (Å²) < 4.78 is 0. The minimum atomic E-state index is 0. The second-order valence-electron chi connectivity index (χ2n) is 3.57. The van der Waals surface area contributed by atoms with Crippen molar-refractivity contribution < 1.29 is 0 Å². The van der Waals surface area contributed by atoms with Gasteiger partial charge in [0.05, 0.1) is 6.54 Å². The van der Waals surface area contributed by atoms with E-state index in [1.165, 1.54) is 4.88 Å². The molecule has 1 aromatic rings. The summed E-state index contributed by atoms with van der Waals surface area (Å²) in [5, 5.41) is 8.58.